The highest BCUT2D eigenvalue weighted by Crippen LogP contribution is 2.28. The number of halogens is 3. The Kier molecular flexibility index (Phi) is 6.92. The fourth-order valence-electron chi connectivity index (χ4n) is 3.00. The molecule has 25 heavy (non-hydrogen) atoms. The van der Waals surface area contributed by atoms with Crippen molar-refractivity contribution in [3.05, 3.63) is 0 Å². The summed E-state index contributed by atoms with van der Waals surface area (Å²) in [5.41, 5.74) is -5.24. The molecule has 0 aliphatic carbocycles. The minimum Gasteiger partial charge on any atom is -0.378 e. The Morgan fingerprint density at radius 1 is 1.28 bits per heavy atom. The minimum absolute atomic E-state index is 0.117. The van der Waals surface area contributed by atoms with E-state index in [2.05, 4.69) is 15.6 Å². The molecule has 2 aliphatic heterocycles. The van der Waals surface area contributed by atoms with E-state index < -0.39 is 15.5 Å². The highest BCUT2D eigenvalue weighted by atomic mass is 32.2. The van der Waals surface area contributed by atoms with E-state index in [-0.39, 0.29) is 25.2 Å². The van der Waals surface area contributed by atoms with Crippen LogP contribution in [0.2, 0.25) is 0 Å². The number of aliphatic imine (C=N–C) groups is 1. The van der Waals surface area contributed by atoms with E-state index in [4.69, 9.17) is 4.74 Å². The van der Waals surface area contributed by atoms with Crippen LogP contribution in [0.4, 0.5) is 13.2 Å². The van der Waals surface area contributed by atoms with Gasteiger partial charge in [0.1, 0.15) is 0 Å². The fraction of sp³-hybridized carbons (Fsp3) is 0.929. The van der Waals surface area contributed by atoms with E-state index in [1.807, 2.05) is 0 Å². The minimum atomic E-state index is -5.24. The highest BCUT2D eigenvalue weighted by molar-refractivity contribution is 7.90. The molecule has 0 radical (unpaired) electrons. The Morgan fingerprint density at radius 2 is 1.96 bits per heavy atom. The zero-order valence-corrected chi connectivity index (χ0v) is 15.0. The van der Waals surface area contributed by atoms with E-state index >= 15 is 0 Å². The van der Waals surface area contributed by atoms with Crippen LogP contribution in [-0.2, 0) is 14.8 Å². The van der Waals surface area contributed by atoms with Gasteiger partial charge in [0.25, 0.3) is 0 Å². The summed E-state index contributed by atoms with van der Waals surface area (Å²) < 4.78 is 66.5. The number of hydrogen-bond acceptors (Lipinski definition) is 4. The second-order valence-electron chi connectivity index (χ2n) is 6.19. The van der Waals surface area contributed by atoms with Gasteiger partial charge in [-0.3, -0.25) is 4.99 Å². The molecule has 0 aromatic heterocycles. The van der Waals surface area contributed by atoms with Gasteiger partial charge in [-0.25, -0.2) is 8.42 Å². The number of ether oxygens (including phenoxy) is 1. The third kappa shape index (κ3) is 5.45. The zero-order chi connectivity index (χ0) is 18.5. The summed E-state index contributed by atoms with van der Waals surface area (Å²) in [6, 6.07) is -0.117. The van der Waals surface area contributed by atoms with Crippen molar-refractivity contribution in [1.29, 1.82) is 0 Å². The van der Waals surface area contributed by atoms with Gasteiger partial charge < -0.3 is 15.4 Å². The van der Waals surface area contributed by atoms with Gasteiger partial charge in [0, 0.05) is 39.3 Å². The largest absolute Gasteiger partial charge is 0.511 e. The van der Waals surface area contributed by atoms with E-state index in [0.29, 0.717) is 29.7 Å². The smallest absolute Gasteiger partial charge is 0.378 e. The van der Waals surface area contributed by atoms with Crippen LogP contribution in [0.5, 0.6) is 0 Å². The lowest BCUT2D eigenvalue weighted by Crippen LogP contribution is -2.51. The predicted molar refractivity (Wildman–Crippen MR) is 87.7 cm³/mol. The molecule has 146 valence electrons. The second-order valence-corrected chi connectivity index (χ2v) is 8.12. The summed E-state index contributed by atoms with van der Waals surface area (Å²) in [5.74, 6) is 0.565. The Morgan fingerprint density at radius 3 is 2.48 bits per heavy atom. The topological polar surface area (TPSA) is 83.0 Å². The van der Waals surface area contributed by atoms with Crippen LogP contribution in [-0.4, -0.2) is 69.6 Å². The van der Waals surface area contributed by atoms with Gasteiger partial charge in [-0.1, -0.05) is 0 Å². The van der Waals surface area contributed by atoms with Crippen LogP contribution in [0.3, 0.4) is 0 Å². The SMILES string of the molecule is CN=C(NCCC1CCCO1)NC1CCN(S(=O)(=O)C(F)(F)F)CC1. The fourth-order valence-corrected chi connectivity index (χ4v) is 3.98. The standard InChI is InChI=1S/C14H25F3N4O3S/c1-18-13(19-7-4-12-3-2-10-24-12)20-11-5-8-21(9-6-11)25(22,23)14(15,16)17/h11-12H,2-10H2,1H3,(H2,18,19,20). The molecule has 2 N–H and O–H groups in total. The molecule has 0 amide bonds. The van der Waals surface area contributed by atoms with Crippen molar-refractivity contribution < 1.29 is 26.3 Å². The third-order valence-electron chi connectivity index (χ3n) is 4.43. The van der Waals surface area contributed by atoms with Crippen molar-refractivity contribution in [3.8, 4) is 0 Å². The molecule has 0 saturated carbocycles. The van der Waals surface area contributed by atoms with Crippen LogP contribution in [0.15, 0.2) is 4.99 Å². The first-order valence-electron chi connectivity index (χ1n) is 8.39. The quantitative estimate of drug-likeness (QED) is 0.545. The normalized spacial score (nSPS) is 24.5. The van der Waals surface area contributed by atoms with Crippen molar-refractivity contribution in [3.63, 3.8) is 0 Å². The summed E-state index contributed by atoms with van der Waals surface area (Å²) in [7, 11) is -3.62. The lowest BCUT2D eigenvalue weighted by molar-refractivity contribution is -0.0494. The van der Waals surface area contributed by atoms with E-state index in [9.17, 15) is 21.6 Å². The Hall–Kier alpha value is -1.07. The number of nitrogens with one attached hydrogen (secondary N) is 2. The lowest BCUT2D eigenvalue weighted by atomic mass is 10.1. The Labute approximate surface area is 146 Å². The lowest BCUT2D eigenvalue weighted by Gasteiger charge is -2.32. The first kappa shape index (κ1) is 20.2. The molecule has 0 aromatic rings. The van der Waals surface area contributed by atoms with E-state index in [1.165, 1.54) is 0 Å². The van der Waals surface area contributed by atoms with Crippen LogP contribution in [0.25, 0.3) is 0 Å². The van der Waals surface area contributed by atoms with Crippen LogP contribution >= 0.6 is 0 Å². The van der Waals surface area contributed by atoms with Crippen molar-refractivity contribution >= 4 is 16.0 Å². The summed E-state index contributed by atoms with van der Waals surface area (Å²) in [4.78, 5) is 4.10. The molecule has 0 spiro atoms. The van der Waals surface area contributed by atoms with Gasteiger partial charge in [-0.05, 0) is 32.1 Å². The maximum absolute atomic E-state index is 12.6. The molecule has 1 unspecified atom stereocenters. The molecular formula is C14H25F3N4O3S. The molecule has 2 fully saturated rings. The Bertz CT molecular complexity index is 554. The number of guanidine groups is 1. The van der Waals surface area contributed by atoms with Gasteiger partial charge >= 0.3 is 15.5 Å². The Balaban J connectivity index is 1.74. The number of piperidine rings is 1. The first-order chi connectivity index (χ1) is 11.7. The maximum Gasteiger partial charge on any atom is 0.511 e. The molecule has 2 heterocycles. The summed E-state index contributed by atoms with van der Waals surface area (Å²) in [5, 5.41) is 6.29. The van der Waals surface area contributed by atoms with E-state index in [1.54, 1.807) is 7.05 Å². The molecule has 2 saturated heterocycles. The molecule has 7 nitrogen and oxygen atoms in total. The summed E-state index contributed by atoms with van der Waals surface area (Å²) in [6.07, 6.45) is 3.85. The highest BCUT2D eigenvalue weighted by Gasteiger charge is 2.50. The average molecular weight is 386 g/mol. The maximum atomic E-state index is 12.6. The molecule has 2 aliphatic rings. The summed E-state index contributed by atoms with van der Waals surface area (Å²) in [6.45, 7) is 1.17. The van der Waals surface area contributed by atoms with Gasteiger partial charge in [0.2, 0.25) is 0 Å². The van der Waals surface area contributed by atoms with E-state index in [0.717, 1.165) is 25.9 Å². The monoisotopic (exact) mass is 386 g/mol. The van der Waals surface area contributed by atoms with Crippen LogP contribution < -0.4 is 10.6 Å². The molecule has 0 bridgehead atoms. The number of sulfonamides is 1. The molecule has 11 heteroatoms. The summed E-state index contributed by atoms with van der Waals surface area (Å²) >= 11 is 0. The van der Waals surface area contributed by atoms with Gasteiger partial charge in [0.15, 0.2) is 5.96 Å². The second kappa shape index (κ2) is 8.54. The van der Waals surface area contributed by atoms with Gasteiger partial charge in [-0.15, -0.1) is 0 Å². The molecule has 0 aromatic carbocycles. The number of hydrogen-bond donors (Lipinski definition) is 2. The number of nitrogens with zero attached hydrogens (tertiary/aromatic N) is 2. The first-order valence-corrected chi connectivity index (χ1v) is 9.83. The molecule has 2 rings (SSSR count). The van der Waals surface area contributed by atoms with Gasteiger partial charge in [-0.2, -0.15) is 17.5 Å². The number of rotatable bonds is 5. The van der Waals surface area contributed by atoms with Crippen LogP contribution in [0.1, 0.15) is 32.1 Å². The number of alkyl halides is 3. The van der Waals surface area contributed by atoms with Crippen molar-refractivity contribution in [2.24, 2.45) is 4.99 Å². The van der Waals surface area contributed by atoms with Gasteiger partial charge in [0.05, 0.1) is 6.10 Å². The molecular weight excluding hydrogens is 361 g/mol. The van der Waals surface area contributed by atoms with Crippen LogP contribution in [0, 0.1) is 0 Å². The predicted octanol–water partition coefficient (Wildman–Crippen LogP) is 1.03. The molecule has 1 atom stereocenters. The third-order valence-corrected chi connectivity index (χ3v) is 6.06. The zero-order valence-electron chi connectivity index (χ0n) is 14.2. The van der Waals surface area contributed by atoms with Crippen molar-refractivity contribution in [2.75, 3.05) is 33.3 Å². The van der Waals surface area contributed by atoms with Crippen molar-refractivity contribution in [2.45, 2.75) is 49.8 Å². The van der Waals surface area contributed by atoms with Crippen molar-refractivity contribution in [1.82, 2.24) is 14.9 Å². The average Bonchev–Trinajstić information content (AvgIpc) is 3.06.